The van der Waals surface area contributed by atoms with Crippen LogP contribution in [-0.4, -0.2) is 125 Å². The third kappa shape index (κ3) is 22.1. The van der Waals surface area contributed by atoms with Crippen LogP contribution < -0.4 is 33.7 Å². The van der Waals surface area contributed by atoms with E-state index in [0.717, 1.165) is 94.2 Å². The monoisotopic (exact) mass is 1510 g/mol. The number of aromatic nitrogens is 2. The lowest BCUT2D eigenvalue weighted by Gasteiger charge is -2.18. The third-order valence-corrected chi connectivity index (χ3v) is 19.2. The summed E-state index contributed by atoms with van der Waals surface area (Å²) in [5.41, 5.74) is 1.47. The van der Waals surface area contributed by atoms with Crippen molar-refractivity contribution in [3.05, 3.63) is 209 Å². The topological polar surface area (TPSA) is 235 Å². The molecule has 0 aliphatic heterocycles. The van der Waals surface area contributed by atoms with E-state index in [1.165, 1.54) is 82.4 Å². The molecule has 0 bridgehead atoms. The predicted molar refractivity (Wildman–Crippen MR) is 412 cm³/mol. The predicted octanol–water partition coefficient (Wildman–Crippen LogP) is 17.4. The normalized spacial score (nSPS) is 11.7. The van der Waals surface area contributed by atoms with Crippen molar-refractivity contribution in [2.75, 3.05) is 83.3 Å². The summed E-state index contributed by atoms with van der Waals surface area (Å²) in [6.07, 6.45) is 11.0. The molecule has 107 heavy (non-hydrogen) atoms. The molecule has 1 atom stereocenters. The van der Waals surface area contributed by atoms with Gasteiger partial charge in [-0.3, -0.25) is 9.59 Å². The molecule has 1 unspecified atom stereocenters. The Bertz CT molecular complexity index is 4770. The van der Waals surface area contributed by atoms with Gasteiger partial charge in [0.05, 0.1) is 106 Å². The SMILES string of the molecule is C=CC(=O)OCCCOc1ccc2cc(C(=O)Oc3ccc(OCCCOC(=O)CCc4ccc(OC(=O)c5ccc6cc(OCC(CCCC)CCCCOCC)ccc6c5)c(/C=N/N(C(=O)C=C)c5nc6ccccc6s5)c4F)c(Cl)c3/C=N/N(COCCOC)c3nc4ccccc4s3)ccc2c1F. The zero-order valence-corrected chi connectivity index (χ0v) is 61.9. The fraction of sp³-hybridized carbons (Fsp3) is 0.296. The number of hydrogen-bond acceptors (Lipinski definition) is 22. The zero-order chi connectivity index (χ0) is 75.4. The van der Waals surface area contributed by atoms with Gasteiger partial charge in [0, 0.05) is 51.0 Å². The number of rotatable bonds is 42. The molecule has 0 aliphatic rings. The number of esters is 4. The number of benzene rings is 8. The Labute approximate surface area is 630 Å². The van der Waals surface area contributed by atoms with Crippen LogP contribution in [0.2, 0.25) is 5.02 Å². The molecule has 10 rings (SSSR count). The minimum atomic E-state index is -0.877. The van der Waals surface area contributed by atoms with Gasteiger partial charge in [0.15, 0.2) is 11.6 Å². The van der Waals surface area contributed by atoms with Crippen LogP contribution in [0.5, 0.6) is 28.7 Å². The average molecular weight is 1520 g/mol. The van der Waals surface area contributed by atoms with Crippen LogP contribution in [0.25, 0.3) is 42.0 Å². The van der Waals surface area contributed by atoms with E-state index >= 15 is 8.78 Å². The number of para-hydroxylation sites is 2. The number of hydrazone groups is 2. The number of ether oxygens (including phenoxy) is 10. The van der Waals surface area contributed by atoms with Crippen LogP contribution in [0.3, 0.4) is 0 Å². The van der Waals surface area contributed by atoms with Gasteiger partial charge in [0.25, 0.3) is 5.91 Å². The molecule has 1 amide bonds. The van der Waals surface area contributed by atoms with Gasteiger partial charge in [0.2, 0.25) is 10.3 Å². The number of nitrogens with zero attached hydrogens (tertiary/aromatic N) is 6. The van der Waals surface area contributed by atoms with Crippen molar-refractivity contribution < 1.29 is 80.1 Å². The van der Waals surface area contributed by atoms with E-state index in [1.807, 2.05) is 61.5 Å². The fourth-order valence-corrected chi connectivity index (χ4v) is 13.2. The maximum atomic E-state index is 17.1. The first-order chi connectivity index (χ1) is 52.1. The highest BCUT2D eigenvalue weighted by Crippen LogP contribution is 2.38. The fourth-order valence-electron chi connectivity index (χ4n) is 11.1. The van der Waals surface area contributed by atoms with Crippen molar-refractivity contribution in [1.82, 2.24) is 9.97 Å². The lowest BCUT2D eigenvalue weighted by molar-refractivity contribution is -0.144. The molecule has 0 spiro atoms. The minimum absolute atomic E-state index is 0.00736. The average Bonchev–Trinajstić information content (AvgIpc) is 1.57. The van der Waals surface area contributed by atoms with Crippen LogP contribution in [0, 0.1) is 17.6 Å². The molecule has 0 saturated heterocycles. The maximum Gasteiger partial charge on any atom is 0.343 e. The standard InChI is InChI=1S/C81H81ClF2N6O15S2/c1-6-10-19-53(20-15-16-39-97-9-4)51-103-60-32-27-55-46-58(26-25-56(55)48-60)78(94)105-67-34-29-54(76(83)63(67)50-86-90(72(91)7-2)81-88-65-22-12-14-24-71(65)107-81)31-38-74(93)102-43-17-40-99-68-37-36-66(62(75(68)82)49-85-89(52-98-45-44-96-5)80-87-64-21-11-13-23-70(64)106-80)104-79(95)59-28-33-61-57(47-59)30-35-69(77(61)84)100-41-18-42-101-73(92)8-3/h7-8,11-14,21-30,32-37,46-50,53H,2-3,6,9-10,15-20,31,38-45,51-52H2,1,4-5H3/b85-49+,86-50+. The number of carbonyl (C=O) groups is 5. The van der Waals surface area contributed by atoms with E-state index in [4.69, 9.17) is 69.1 Å². The Balaban J connectivity index is 0.817. The molecule has 8 aromatic carbocycles. The number of carbonyl (C=O) groups excluding carboxylic acids is 5. The van der Waals surface area contributed by atoms with Gasteiger partial charge >= 0.3 is 23.9 Å². The largest absolute Gasteiger partial charge is 0.493 e. The van der Waals surface area contributed by atoms with E-state index in [0.29, 0.717) is 53.9 Å². The van der Waals surface area contributed by atoms with E-state index in [1.54, 1.807) is 43.5 Å². The van der Waals surface area contributed by atoms with Crippen molar-refractivity contribution in [3.63, 3.8) is 0 Å². The zero-order valence-electron chi connectivity index (χ0n) is 59.5. The molecule has 0 radical (unpaired) electrons. The highest BCUT2D eigenvalue weighted by Gasteiger charge is 2.24. The van der Waals surface area contributed by atoms with Gasteiger partial charge in [-0.1, -0.05) is 128 Å². The van der Waals surface area contributed by atoms with Gasteiger partial charge in [-0.2, -0.15) is 15.2 Å². The molecule has 0 aliphatic carbocycles. The quantitative estimate of drug-likeness (QED) is 0.00658. The van der Waals surface area contributed by atoms with Crippen LogP contribution in [0.15, 0.2) is 175 Å². The molecular weight excluding hydrogens is 1430 g/mol. The first-order valence-electron chi connectivity index (χ1n) is 35.0. The van der Waals surface area contributed by atoms with Crippen LogP contribution >= 0.6 is 34.3 Å². The molecule has 558 valence electrons. The molecule has 0 fully saturated rings. The molecule has 10 aromatic rings. The van der Waals surface area contributed by atoms with E-state index in [-0.39, 0.29) is 125 Å². The second-order valence-corrected chi connectivity index (χ2v) is 26.7. The Morgan fingerprint density at radius 1 is 0.589 bits per heavy atom. The summed E-state index contributed by atoms with van der Waals surface area (Å²) in [4.78, 5) is 75.6. The Morgan fingerprint density at radius 3 is 1.93 bits per heavy atom. The van der Waals surface area contributed by atoms with Gasteiger partial charge in [-0.25, -0.2) is 38.1 Å². The van der Waals surface area contributed by atoms with Crippen molar-refractivity contribution in [3.8, 4) is 28.7 Å². The Kier molecular flexibility index (Phi) is 29.7. The smallest absolute Gasteiger partial charge is 0.343 e. The van der Waals surface area contributed by atoms with Crippen molar-refractivity contribution in [2.24, 2.45) is 16.1 Å². The van der Waals surface area contributed by atoms with Crippen molar-refractivity contribution in [1.29, 1.82) is 0 Å². The van der Waals surface area contributed by atoms with Gasteiger partial charge in [-0.15, -0.1) is 0 Å². The van der Waals surface area contributed by atoms with Gasteiger partial charge in [0.1, 0.15) is 35.5 Å². The minimum Gasteiger partial charge on any atom is -0.493 e. The summed E-state index contributed by atoms with van der Waals surface area (Å²) in [5, 5.41) is 14.4. The maximum absolute atomic E-state index is 17.1. The summed E-state index contributed by atoms with van der Waals surface area (Å²) in [6.45, 7) is 13.7. The first-order valence-corrected chi connectivity index (χ1v) is 37.0. The molecule has 26 heteroatoms. The number of methoxy groups -OCH3 is 1. The summed E-state index contributed by atoms with van der Waals surface area (Å²) in [7, 11) is 1.55. The lowest BCUT2D eigenvalue weighted by atomic mass is 9.97. The number of unbranched alkanes of at least 4 members (excludes halogenated alkanes) is 2. The van der Waals surface area contributed by atoms with Crippen LogP contribution in [0.1, 0.15) is 109 Å². The summed E-state index contributed by atoms with van der Waals surface area (Å²) < 4.78 is 91.7. The molecule has 0 saturated carbocycles. The number of aryl methyl sites for hydroxylation is 1. The highest BCUT2D eigenvalue weighted by atomic mass is 35.5. The number of halogens is 3. The van der Waals surface area contributed by atoms with Crippen LogP contribution in [0.4, 0.5) is 19.0 Å². The van der Waals surface area contributed by atoms with Gasteiger partial charge in [-0.05, 0) is 151 Å². The Morgan fingerprint density at radius 2 is 1.21 bits per heavy atom. The van der Waals surface area contributed by atoms with Crippen LogP contribution in [-0.2, 0) is 44.5 Å². The van der Waals surface area contributed by atoms with E-state index < -0.39 is 41.4 Å². The Hall–Kier alpha value is -10.5. The number of amides is 1. The van der Waals surface area contributed by atoms with E-state index in [9.17, 15) is 24.0 Å². The van der Waals surface area contributed by atoms with Crippen molar-refractivity contribution in [2.45, 2.75) is 78.1 Å². The summed E-state index contributed by atoms with van der Waals surface area (Å²) in [6, 6.07) is 38.7. The first kappa shape index (κ1) is 79.0. The highest BCUT2D eigenvalue weighted by molar-refractivity contribution is 7.22. The number of hydrogen-bond donors (Lipinski definition) is 0. The summed E-state index contributed by atoms with van der Waals surface area (Å²) in [5.74, 6) is -4.04. The number of anilines is 2. The molecule has 2 heterocycles. The van der Waals surface area contributed by atoms with Crippen molar-refractivity contribution >= 4 is 129 Å². The number of fused-ring (bicyclic) bond motifs is 4. The molecule has 21 nitrogen and oxygen atoms in total. The third-order valence-electron chi connectivity index (χ3n) is 16.7. The van der Waals surface area contributed by atoms with E-state index in [2.05, 4.69) is 30.2 Å². The molecular formula is C81H81ClF2N6O15S2. The molecule has 0 N–H and O–H groups in total. The second-order valence-electron chi connectivity index (χ2n) is 24.3. The summed E-state index contributed by atoms with van der Waals surface area (Å²) >= 11 is 9.68. The molecule has 2 aromatic heterocycles. The second kappa shape index (κ2) is 40.3. The lowest BCUT2D eigenvalue weighted by Crippen LogP contribution is -2.23. The number of thiazole rings is 2. The van der Waals surface area contributed by atoms with Gasteiger partial charge < -0.3 is 47.4 Å².